The minimum absolute atomic E-state index is 0.0882. The zero-order chi connectivity index (χ0) is 15.3. The fourth-order valence-corrected chi connectivity index (χ4v) is 2.58. The summed E-state index contributed by atoms with van der Waals surface area (Å²) in [5.41, 5.74) is 0.289. The maximum Gasteiger partial charge on any atom is 0.310 e. The maximum atomic E-state index is 11.9. The quantitative estimate of drug-likeness (QED) is 0.805. The summed E-state index contributed by atoms with van der Waals surface area (Å²) in [6.45, 7) is 0.515. The predicted molar refractivity (Wildman–Crippen MR) is 78.2 cm³/mol. The third kappa shape index (κ3) is 3.74. The second-order valence-electron chi connectivity index (χ2n) is 5.56. The van der Waals surface area contributed by atoms with Gasteiger partial charge in [-0.3, -0.25) is 9.59 Å². The van der Waals surface area contributed by atoms with Crippen LogP contribution < -0.4 is 10.1 Å². The second kappa shape index (κ2) is 6.61. The van der Waals surface area contributed by atoms with Crippen molar-refractivity contribution in [3.8, 4) is 5.75 Å². The molecule has 0 unspecified atom stereocenters. The van der Waals surface area contributed by atoms with Crippen LogP contribution in [0, 0.1) is 5.41 Å². The lowest BCUT2D eigenvalue weighted by molar-refractivity contribution is -0.157. The van der Waals surface area contributed by atoms with Crippen LogP contribution in [0.25, 0.3) is 0 Å². The molecule has 1 aromatic carbocycles. The molecule has 1 amide bonds. The van der Waals surface area contributed by atoms with E-state index in [0.717, 1.165) is 24.2 Å². The molecule has 0 aromatic heterocycles. The number of aliphatic carboxylic acids is 1. The Labute approximate surface area is 124 Å². The van der Waals surface area contributed by atoms with Gasteiger partial charge in [0.15, 0.2) is 0 Å². The SMILES string of the molecule is COc1ccc(CCNC(=O)CC2(C(=O)O)CCC2)cc1. The first-order valence-corrected chi connectivity index (χ1v) is 7.19. The summed E-state index contributed by atoms with van der Waals surface area (Å²) < 4.78 is 5.08. The first-order valence-electron chi connectivity index (χ1n) is 7.19. The van der Waals surface area contributed by atoms with Crippen LogP contribution in [0.2, 0.25) is 0 Å². The molecule has 0 aliphatic heterocycles. The van der Waals surface area contributed by atoms with Gasteiger partial charge in [-0.15, -0.1) is 0 Å². The Morgan fingerprint density at radius 3 is 2.43 bits per heavy atom. The van der Waals surface area contributed by atoms with Gasteiger partial charge in [-0.1, -0.05) is 18.6 Å². The van der Waals surface area contributed by atoms with Crippen molar-refractivity contribution in [1.82, 2.24) is 5.32 Å². The number of rotatable bonds is 7. The first kappa shape index (κ1) is 15.4. The third-order valence-corrected chi connectivity index (χ3v) is 4.16. The highest BCUT2D eigenvalue weighted by atomic mass is 16.5. The molecule has 5 nitrogen and oxygen atoms in total. The Hall–Kier alpha value is -2.04. The molecule has 0 atom stereocenters. The van der Waals surface area contributed by atoms with Crippen molar-refractivity contribution in [2.75, 3.05) is 13.7 Å². The van der Waals surface area contributed by atoms with Crippen LogP contribution in [0.4, 0.5) is 0 Å². The monoisotopic (exact) mass is 291 g/mol. The fourth-order valence-electron chi connectivity index (χ4n) is 2.58. The van der Waals surface area contributed by atoms with Crippen LogP contribution in [0.15, 0.2) is 24.3 Å². The molecule has 21 heavy (non-hydrogen) atoms. The van der Waals surface area contributed by atoms with E-state index in [1.807, 2.05) is 24.3 Å². The average Bonchev–Trinajstić information content (AvgIpc) is 2.43. The van der Waals surface area contributed by atoms with Gasteiger partial charge in [0.2, 0.25) is 5.91 Å². The number of hydrogen-bond donors (Lipinski definition) is 2. The first-order chi connectivity index (χ1) is 10.1. The molecule has 0 radical (unpaired) electrons. The lowest BCUT2D eigenvalue weighted by atomic mass is 9.66. The molecular weight excluding hydrogens is 270 g/mol. The van der Waals surface area contributed by atoms with Gasteiger partial charge in [-0.05, 0) is 37.0 Å². The minimum Gasteiger partial charge on any atom is -0.497 e. The van der Waals surface area contributed by atoms with Crippen LogP contribution in [0.1, 0.15) is 31.2 Å². The zero-order valence-corrected chi connectivity index (χ0v) is 12.2. The summed E-state index contributed by atoms with van der Waals surface area (Å²) in [6, 6.07) is 7.67. The van der Waals surface area contributed by atoms with E-state index in [2.05, 4.69) is 5.32 Å². The molecular formula is C16H21NO4. The van der Waals surface area contributed by atoms with E-state index in [-0.39, 0.29) is 12.3 Å². The molecule has 0 saturated heterocycles. The van der Waals surface area contributed by atoms with E-state index in [1.165, 1.54) is 0 Å². The largest absolute Gasteiger partial charge is 0.497 e. The van der Waals surface area contributed by atoms with E-state index < -0.39 is 11.4 Å². The molecule has 1 fully saturated rings. The van der Waals surface area contributed by atoms with Gasteiger partial charge < -0.3 is 15.2 Å². The third-order valence-electron chi connectivity index (χ3n) is 4.16. The lowest BCUT2D eigenvalue weighted by Crippen LogP contribution is -2.42. The molecule has 5 heteroatoms. The molecule has 2 rings (SSSR count). The van der Waals surface area contributed by atoms with Crippen molar-refractivity contribution in [2.45, 2.75) is 32.1 Å². The normalized spacial score (nSPS) is 15.9. The van der Waals surface area contributed by atoms with Gasteiger partial charge in [-0.2, -0.15) is 0 Å². The number of carbonyl (C=O) groups is 2. The number of carbonyl (C=O) groups excluding carboxylic acids is 1. The summed E-state index contributed by atoms with van der Waals surface area (Å²) in [5, 5.41) is 12.0. The van der Waals surface area contributed by atoms with Crippen LogP contribution in [-0.2, 0) is 16.0 Å². The number of hydrogen-bond acceptors (Lipinski definition) is 3. The lowest BCUT2D eigenvalue weighted by Gasteiger charge is -2.36. The summed E-state index contributed by atoms with van der Waals surface area (Å²) >= 11 is 0. The zero-order valence-electron chi connectivity index (χ0n) is 12.2. The number of benzene rings is 1. The van der Waals surface area contributed by atoms with Gasteiger partial charge in [0.1, 0.15) is 5.75 Å². The number of methoxy groups -OCH3 is 1. The average molecular weight is 291 g/mol. The molecule has 1 aliphatic rings. The number of carboxylic acids is 1. The molecule has 0 bridgehead atoms. The molecule has 2 N–H and O–H groups in total. The van der Waals surface area contributed by atoms with E-state index in [9.17, 15) is 14.7 Å². The van der Waals surface area contributed by atoms with Crippen molar-refractivity contribution in [2.24, 2.45) is 5.41 Å². The summed E-state index contributed by atoms with van der Waals surface area (Å²) in [7, 11) is 1.62. The Morgan fingerprint density at radius 1 is 1.29 bits per heavy atom. The van der Waals surface area contributed by atoms with Gasteiger partial charge in [-0.25, -0.2) is 0 Å². The smallest absolute Gasteiger partial charge is 0.310 e. The number of carboxylic acid groups (broad SMARTS) is 1. The number of amides is 1. The van der Waals surface area contributed by atoms with Crippen molar-refractivity contribution in [1.29, 1.82) is 0 Å². The van der Waals surface area contributed by atoms with Gasteiger partial charge in [0, 0.05) is 13.0 Å². The van der Waals surface area contributed by atoms with Gasteiger partial charge >= 0.3 is 5.97 Å². The van der Waals surface area contributed by atoms with Crippen LogP contribution in [0.3, 0.4) is 0 Å². The summed E-state index contributed by atoms with van der Waals surface area (Å²) in [5.74, 6) is -0.221. The van der Waals surface area contributed by atoms with Crippen molar-refractivity contribution in [3.63, 3.8) is 0 Å². The highest BCUT2D eigenvalue weighted by Crippen LogP contribution is 2.44. The summed E-state index contributed by atoms with van der Waals surface area (Å²) in [6.07, 6.45) is 2.91. The van der Waals surface area contributed by atoms with Gasteiger partial charge in [0.25, 0.3) is 0 Å². The van der Waals surface area contributed by atoms with E-state index >= 15 is 0 Å². The predicted octanol–water partition coefficient (Wildman–Crippen LogP) is 2.00. The van der Waals surface area contributed by atoms with Crippen molar-refractivity contribution in [3.05, 3.63) is 29.8 Å². The Balaban J connectivity index is 1.75. The maximum absolute atomic E-state index is 11.9. The minimum atomic E-state index is -0.848. The standard InChI is InChI=1S/C16H21NO4/c1-21-13-5-3-12(4-6-13)7-10-17-14(18)11-16(15(19)20)8-2-9-16/h3-6H,2,7-11H2,1H3,(H,17,18)(H,19,20). The molecule has 0 spiro atoms. The highest BCUT2D eigenvalue weighted by Gasteiger charge is 2.45. The number of nitrogens with one attached hydrogen (secondary N) is 1. The van der Waals surface area contributed by atoms with E-state index in [4.69, 9.17) is 4.74 Å². The molecule has 1 aromatic rings. The van der Waals surface area contributed by atoms with Crippen molar-refractivity contribution < 1.29 is 19.4 Å². The molecule has 1 saturated carbocycles. The van der Waals surface area contributed by atoms with Crippen LogP contribution >= 0.6 is 0 Å². The topological polar surface area (TPSA) is 75.6 Å². The Morgan fingerprint density at radius 2 is 1.95 bits per heavy atom. The fraction of sp³-hybridized carbons (Fsp3) is 0.500. The molecule has 0 heterocycles. The van der Waals surface area contributed by atoms with Gasteiger partial charge in [0.05, 0.1) is 12.5 Å². The van der Waals surface area contributed by atoms with E-state index in [1.54, 1.807) is 7.11 Å². The second-order valence-corrected chi connectivity index (χ2v) is 5.56. The Bertz CT molecular complexity index is 506. The Kier molecular flexibility index (Phi) is 4.83. The number of ether oxygens (including phenoxy) is 1. The molecule has 1 aliphatic carbocycles. The van der Waals surface area contributed by atoms with Crippen LogP contribution in [-0.4, -0.2) is 30.6 Å². The van der Waals surface area contributed by atoms with Crippen LogP contribution in [0.5, 0.6) is 5.75 Å². The summed E-state index contributed by atoms with van der Waals surface area (Å²) in [4.78, 5) is 23.1. The molecule has 114 valence electrons. The van der Waals surface area contributed by atoms with E-state index in [0.29, 0.717) is 19.4 Å². The highest BCUT2D eigenvalue weighted by molar-refractivity contribution is 5.85. The van der Waals surface area contributed by atoms with Crippen molar-refractivity contribution >= 4 is 11.9 Å².